The lowest BCUT2D eigenvalue weighted by Gasteiger charge is -2.36. The van der Waals surface area contributed by atoms with Crippen LogP contribution in [-0.4, -0.2) is 0 Å². The molecule has 4 aliphatic carbocycles. The fourth-order valence-corrected chi connectivity index (χ4v) is 24.0. The molecule has 0 aromatic heterocycles. The van der Waals surface area contributed by atoms with Crippen LogP contribution in [0.4, 0.5) is 34.1 Å². The monoisotopic (exact) mass is 1750 g/mol. The van der Waals surface area contributed by atoms with E-state index in [1.807, 2.05) is 0 Å². The summed E-state index contributed by atoms with van der Waals surface area (Å²) in [4.78, 5) is 5.07. The van der Waals surface area contributed by atoms with E-state index in [9.17, 15) is 0 Å². The molecule has 0 aliphatic heterocycles. The lowest BCUT2D eigenvalue weighted by Crippen LogP contribution is -2.29. The first-order valence-electron chi connectivity index (χ1n) is 48.0. The Kier molecular flexibility index (Phi) is 20.6. The van der Waals surface area contributed by atoms with Crippen molar-refractivity contribution in [2.45, 2.75) is 21.7 Å². The van der Waals surface area contributed by atoms with Gasteiger partial charge in [0.2, 0.25) is 0 Å². The molecule has 0 spiro atoms. The summed E-state index contributed by atoms with van der Waals surface area (Å²) in [5.41, 5.74) is 43.9. The van der Waals surface area contributed by atoms with Gasteiger partial charge in [-0.25, -0.2) is 0 Å². The van der Waals surface area contributed by atoms with Crippen LogP contribution >= 0.6 is 0 Å². The number of fused-ring (bicyclic) bond motifs is 12. The Labute approximate surface area is 808 Å². The van der Waals surface area contributed by atoms with Gasteiger partial charge in [0.25, 0.3) is 0 Å². The number of rotatable bonds is 18. The maximum Gasteiger partial charge on any atom is 0.0714 e. The predicted molar refractivity (Wildman–Crippen MR) is 573 cm³/mol. The summed E-state index contributed by atoms with van der Waals surface area (Å²) in [7, 11) is 0. The highest BCUT2D eigenvalue weighted by Gasteiger charge is 2.52. The van der Waals surface area contributed by atoms with E-state index in [4.69, 9.17) is 0 Å². The van der Waals surface area contributed by atoms with Crippen LogP contribution in [0.1, 0.15) is 89.0 Å². The SMILES string of the molecule is c1ccc(-c2cccc(-c3ccccc3)c2N(c2ccc3c(c2)C(c2ccccc2)(c2ccccc2)c2ccccc2-3)c2ccc3c(c2)C(c2ccccc2)(c2ccccc2)c2ccccc2-3)cc1.c1ccc(-c2ccccc2-c2cccc(N(c3ccc4c(c3)C(c3ccccc3)(c3ccccc3)c3ccccc3-4)c3ccc4c(c3)C(c3ccccc3)(c3ccccc3)c3ccccc3-4)c2)cc1. The molecule has 2 heteroatoms. The Bertz CT molecular complexity index is 7690. The zero-order valence-electron chi connectivity index (χ0n) is 76.2. The Morgan fingerprint density at radius 2 is 0.290 bits per heavy atom. The van der Waals surface area contributed by atoms with Gasteiger partial charge < -0.3 is 9.80 Å². The molecule has 0 fully saturated rings. The second kappa shape index (κ2) is 34.5. The average Bonchev–Trinajstić information content (AvgIpc) is 1.55. The number of anilines is 6. The van der Waals surface area contributed by atoms with Crippen LogP contribution in [0.15, 0.2) is 570 Å². The maximum atomic E-state index is 2.57. The van der Waals surface area contributed by atoms with E-state index in [0.717, 1.165) is 61.9 Å². The zero-order chi connectivity index (χ0) is 91.6. The summed E-state index contributed by atoms with van der Waals surface area (Å²) in [6.07, 6.45) is 0. The molecule has 0 amide bonds. The van der Waals surface area contributed by atoms with Crippen molar-refractivity contribution < 1.29 is 0 Å². The molecule has 0 atom stereocenters. The van der Waals surface area contributed by atoms with Gasteiger partial charge in [-0.15, -0.1) is 0 Å². The molecule has 138 heavy (non-hydrogen) atoms. The van der Waals surface area contributed by atoms with Crippen LogP contribution in [0.25, 0.3) is 89.0 Å². The van der Waals surface area contributed by atoms with Crippen molar-refractivity contribution in [3.05, 3.63) is 659 Å². The Hall–Kier alpha value is -17.6. The van der Waals surface area contributed by atoms with Crippen LogP contribution in [-0.2, 0) is 21.7 Å². The highest BCUT2D eigenvalue weighted by Crippen LogP contribution is 2.64. The zero-order valence-corrected chi connectivity index (χ0v) is 76.2. The molecule has 0 radical (unpaired) electrons. The van der Waals surface area contributed by atoms with E-state index in [-0.39, 0.29) is 0 Å². The minimum absolute atomic E-state index is 0.554. The first kappa shape index (κ1) is 82.4. The standard InChI is InChI=1S/2C68H47N/c1-7-24-48(25-8-1)56-38-23-39-57(49-26-9-2-10-27-49)66(56)69(54-42-44-60-58-36-19-21-40-62(58)67(64(60)46-54,50-28-11-3-12-29-50)51-30-13-4-14-31-51)55-43-45-61-59-37-20-22-41-63(59)68(65(61)47-55,52-32-15-5-16-33-52)53-34-17-6-18-35-53;1-6-23-48(24-7-1)57-35-16-17-36-58(57)49-25-22-34-54(45-49)69(55-41-43-61-59-37-18-20-39-63(59)67(65(61)46-55,50-26-8-2-9-27-50)51-28-10-3-11-29-51)56-42-44-62-60-38-19-21-40-64(60)68(66(62)47-56,52-30-12-4-13-31-52)53-32-14-5-15-33-53/h2*1-47H. The van der Waals surface area contributed by atoms with Gasteiger partial charge in [0.05, 0.1) is 27.3 Å². The molecule has 0 saturated carbocycles. The van der Waals surface area contributed by atoms with E-state index in [0.29, 0.717) is 0 Å². The molecule has 0 heterocycles. The lowest BCUT2D eigenvalue weighted by molar-refractivity contribution is 0.767. The minimum atomic E-state index is -0.577. The molecular formula is C136H94N2. The third-order valence-electron chi connectivity index (χ3n) is 29.7. The van der Waals surface area contributed by atoms with Crippen LogP contribution in [0, 0.1) is 0 Å². The Morgan fingerprint density at radius 3 is 0.558 bits per heavy atom. The number of nitrogens with zero attached hydrogens (tertiary/aromatic N) is 2. The highest BCUT2D eigenvalue weighted by molar-refractivity contribution is 6.02. The number of hydrogen-bond acceptors (Lipinski definition) is 2. The Morgan fingerprint density at radius 1 is 0.109 bits per heavy atom. The summed E-state index contributed by atoms with van der Waals surface area (Å²) < 4.78 is 0. The molecule has 648 valence electrons. The molecule has 0 bridgehead atoms. The van der Waals surface area contributed by atoms with E-state index in [1.165, 1.54) is 150 Å². The van der Waals surface area contributed by atoms with Crippen LogP contribution in [0.3, 0.4) is 0 Å². The van der Waals surface area contributed by atoms with Crippen molar-refractivity contribution in [3.8, 4) is 89.0 Å². The first-order valence-corrected chi connectivity index (χ1v) is 48.0. The molecule has 0 saturated heterocycles. The van der Waals surface area contributed by atoms with Gasteiger partial charge in [-0.1, -0.05) is 510 Å². The maximum absolute atomic E-state index is 2.57. The topological polar surface area (TPSA) is 6.48 Å². The second-order valence-corrected chi connectivity index (χ2v) is 36.6. The molecular weight excluding hydrogens is 1660 g/mol. The number of benzene rings is 22. The Balaban J connectivity index is 0.000000146. The summed E-state index contributed by atoms with van der Waals surface area (Å²) in [6, 6.07) is 211. The summed E-state index contributed by atoms with van der Waals surface area (Å²) in [5.74, 6) is 0. The molecule has 22 aromatic carbocycles. The van der Waals surface area contributed by atoms with Gasteiger partial charge in [-0.05, 0) is 228 Å². The normalized spacial score (nSPS) is 13.4. The third-order valence-corrected chi connectivity index (χ3v) is 29.7. The van der Waals surface area contributed by atoms with Gasteiger partial charge in [0.15, 0.2) is 0 Å². The average molecular weight is 1760 g/mol. The van der Waals surface area contributed by atoms with Crippen LogP contribution in [0.2, 0.25) is 0 Å². The van der Waals surface area contributed by atoms with E-state index >= 15 is 0 Å². The fourth-order valence-electron chi connectivity index (χ4n) is 24.0. The van der Waals surface area contributed by atoms with Gasteiger partial charge in [-0.2, -0.15) is 0 Å². The number of hydrogen-bond donors (Lipinski definition) is 0. The number of para-hydroxylation sites is 1. The van der Waals surface area contributed by atoms with Crippen molar-refractivity contribution >= 4 is 34.1 Å². The first-order chi connectivity index (χ1) is 68.5. The van der Waals surface area contributed by atoms with E-state index < -0.39 is 21.7 Å². The van der Waals surface area contributed by atoms with E-state index in [2.05, 4.69) is 580 Å². The second-order valence-electron chi connectivity index (χ2n) is 36.6. The van der Waals surface area contributed by atoms with Crippen LogP contribution < -0.4 is 9.80 Å². The largest absolute Gasteiger partial charge is 0.310 e. The van der Waals surface area contributed by atoms with Crippen molar-refractivity contribution in [1.82, 2.24) is 0 Å². The molecule has 22 aromatic rings. The summed E-state index contributed by atoms with van der Waals surface area (Å²) in [5, 5.41) is 0. The molecule has 26 rings (SSSR count). The van der Waals surface area contributed by atoms with Crippen molar-refractivity contribution in [2.75, 3.05) is 9.80 Å². The van der Waals surface area contributed by atoms with Crippen molar-refractivity contribution in [3.63, 3.8) is 0 Å². The smallest absolute Gasteiger partial charge is 0.0714 e. The van der Waals surface area contributed by atoms with Gasteiger partial charge in [0, 0.05) is 39.6 Å². The van der Waals surface area contributed by atoms with Crippen molar-refractivity contribution in [2.24, 2.45) is 0 Å². The van der Waals surface area contributed by atoms with Gasteiger partial charge >= 0.3 is 0 Å². The molecule has 4 aliphatic rings. The van der Waals surface area contributed by atoms with Gasteiger partial charge in [0.1, 0.15) is 0 Å². The predicted octanol–water partition coefficient (Wildman–Crippen LogP) is 34.4. The highest BCUT2D eigenvalue weighted by atomic mass is 15.2. The minimum Gasteiger partial charge on any atom is -0.310 e. The summed E-state index contributed by atoms with van der Waals surface area (Å²) in [6.45, 7) is 0. The lowest BCUT2D eigenvalue weighted by atomic mass is 9.67. The summed E-state index contributed by atoms with van der Waals surface area (Å²) >= 11 is 0. The molecule has 0 N–H and O–H groups in total. The quantitative estimate of drug-likeness (QED) is 0.0845. The van der Waals surface area contributed by atoms with Gasteiger partial charge in [-0.3, -0.25) is 0 Å². The van der Waals surface area contributed by atoms with Crippen molar-refractivity contribution in [1.29, 1.82) is 0 Å². The third kappa shape index (κ3) is 13.1. The molecule has 2 nitrogen and oxygen atoms in total. The molecule has 0 unspecified atom stereocenters. The van der Waals surface area contributed by atoms with E-state index in [1.54, 1.807) is 0 Å². The van der Waals surface area contributed by atoms with Crippen LogP contribution in [0.5, 0.6) is 0 Å². The fraction of sp³-hybridized carbons (Fsp3) is 0.0294.